The van der Waals surface area contributed by atoms with Gasteiger partial charge in [-0.05, 0) is 25.2 Å². The number of hydrogen-bond acceptors (Lipinski definition) is 7. The van der Waals surface area contributed by atoms with Crippen LogP contribution >= 0.6 is 11.5 Å². The first kappa shape index (κ1) is 15.6. The number of carbonyl (C=O) groups is 1. The summed E-state index contributed by atoms with van der Waals surface area (Å²) in [6, 6.07) is 0. The lowest BCUT2D eigenvalue weighted by Crippen LogP contribution is -2.40. The molecule has 0 bridgehead atoms. The molecule has 22 heavy (non-hydrogen) atoms. The highest BCUT2D eigenvalue weighted by atomic mass is 32.1. The summed E-state index contributed by atoms with van der Waals surface area (Å²) in [6.45, 7) is 2.75. The second-order valence-electron chi connectivity index (χ2n) is 5.82. The van der Waals surface area contributed by atoms with E-state index in [4.69, 9.17) is 9.47 Å². The molecule has 0 radical (unpaired) electrons. The van der Waals surface area contributed by atoms with Gasteiger partial charge in [0.25, 0.3) is 0 Å². The summed E-state index contributed by atoms with van der Waals surface area (Å²) in [4.78, 5) is 18.0. The molecule has 1 aromatic heterocycles. The molecule has 0 amide bonds. The number of carboxylic acid groups (broad SMARTS) is 1. The molecule has 3 rings (SSSR count). The maximum Gasteiger partial charge on any atom is 0.309 e. The van der Waals surface area contributed by atoms with Gasteiger partial charge in [-0.25, -0.2) is 4.98 Å². The fourth-order valence-corrected chi connectivity index (χ4v) is 4.05. The normalized spacial score (nSPS) is 26.5. The van der Waals surface area contributed by atoms with Crippen LogP contribution in [0, 0.1) is 11.8 Å². The second-order valence-corrected chi connectivity index (χ2v) is 6.55. The van der Waals surface area contributed by atoms with Gasteiger partial charge in [0.1, 0.15) is 6.61 Å². The van der Waals surface area contributed by atoms with Crippen molar-refractivity contribution in [1.29, 1.82) is 0 Å². The summed E-state index contributed by atoms with van der Waals surface area (Å²) >= 11 is 1.39. The summed E-state index contributed by atoms with van der Waals surface area (Å²) < 4.78 is 15.0. The molecule has 1 unspecified atom stereocenters. The number of aliphatic carboxylic acids is 1. The van der Waals surface area contributed by atoms with Crippen molar-refractivity contribution in [2.45, 2.75) is 32.0 Å². The standard InChI is InChI=1S/C14H21N3O4S/c1-20-8-11-15-14(22-16-11)17-5-2-9(3-6-17)12-10(13(18)19)4-7-21-12/h9-10,12H,2-8H2,1H3,(H,18,19)/t10?,12-/m0/s1. The third-order valence-electron chi connectivity index (χ3n) is 4.46. The summed E-state index contributed by atoms with van der Waals surface area (Å²) in [5, 5.41) is 10.2. The molecule has 0 aromatic carbocycles. The van der Waals surface area contributed by atoms with Gasteiger partial charge in [0, 0.05) is 38.3 Å². The SMILES string of the molecule is COCc1nsc(N2CCC([C@@H]3OCCC3C(=O)O)CC2)n1. The average molecular weight is 327 g/mol. The maximum absolute atomic E-state index is 11.3. The number of hydrogen-bond donors (Lipinski definition) is 1. The summed E-state index contributed by atoms with van der Waals surface area (Å²) in [5.74, 6) is -0.0226. The van der Waals surface area contributed by atoms with Gasteiger partial charge in [0.15, 0.2) is 5.82 Å². The zero-order chi connectivity index (χ0) is 15.5. The van der Waals surface area contributed by atoms with E-state index >= 15 is 0 Å². The minimum atomic E-state index is -0.724. The molecule has 3 heterocycles. The highest BCUT2D eigenvalue weighted by Gasteiger charge is 2.40. The van der Waals surface area contributed by atoms with Crippen LogP contribution < -0.4 is 4.90 Å². The molecule has 1 aromatic rings. The van der Waals surface area contributed by atoms with Crippen LogP contribution in [0.3, 0.4) is 0 Å². The summed E-state index contributed by atoms with van der Waals surface area (Å²) in [5.41, 5.74) is 0. The number of anilines is 1. The van der Waals surface area contributed by atoms with Crippen molar-refractivity contribution >= 4 is 22.6 Å². The lowest BCUT2D eigenvalue weighted by molar-refractivity contribution is -0.144. The molecular weight excluding hydrogens is 306 g/mol. The molecule has 0 aliphatic carbocycles. The van der Waals surface area contributed by atoms with Crippen molar-refractivity contribution in [2.24, 2.45) is 11.8 Å². The number of rotatable bonds is 5. The Kier molecular flexibility index (Phi) is 4.90. The molecule has 2 aliphatic heterocycles. The van der Waals surface area contributed by atoms with Gasteiger partial charge in [-0.15, -0.1) is 0 Å². The number of aromatic nitrogens is 2. The average Bonchev–Trinajstić information content (AvgIpc) is 3.17. The molecule has 0 spiro atoms. The van der Waals surface area contributed by atoms with Crippen molar-refractivity contribution in [3.05, 3.63) is 5.82 Å². The van der Waals surface area contributed by atoms with E-state index < -0.39 is 5.97 Å². The number of nitrogens with zero attached hydrogens (tertiary/aromatic N) is 3. The molecule has 1 N–H and O–H groups in total. The Morgan fingerprint density at radius 3 is 2.91 bits per heavy atom. The van der Waals surface area contributed by atoms with Crippen LogP contribution in [0.25, 0.3) is 0 Å². The van der Waals surface area contributed by atoms with Crippen molar-refractivity contribution in [2.75, 3.05) is 31.7 Å². The second kappa shape index (κ2) is 6.89. The Morgan fingerprint density at radius 1 is 1.45 bits per heavy atom. The molecular formula is C14H21N3O4S. The van der Waals surface area contributed by atoms with Crippen molar-refractivity contribution in [3.8, 4) is 0 Å². The monoisotopic (exact) mass is 327 g/mol. The Hall–Kier alpha value is -1.25. The van der Waals surface area contributed by atoms with Gasteiger partial charge in [-0.1, -0.05) is 0 Å². The van der Waals surface area contributed by atoms with E-state index in [1.54, 1.807) is 7.11 Å². The molecule has 122 valence electrons. The predicted molar refractivity (Wildman–Crippen MR) is 81.0 cm³/mol. The minimum absolute atomic E-state index is 0.127. The smallest absolute Gasteiger partial charge is 0.309 e. The number of ether oxygens (including phenoxy) is 2. The zero-order valence-electron chi connectivity index (χ0n) is 12.6. The van der Waals surface area contributed by atoms with Crippen LogP contribution in [0.4, 0.5) is 5.13 Å². The highest BCUT2D eigenvalue weighted by molar-refractivity contribution is 7.09. The molecule has 2 aliphatic rings. The summed E-state index contributed by atoms with van der Waals surface area (Å²) in [7, 11) is 1.63. The van der Waals surface area contributed by atoms with Crippen LogP contribution in [0.2, 0.25) is 0 Å². The topological polar surface area (TPSA) is 84.8 Å². The first-order valence-electron chi connectivity index (χ1n) is 7.60. The first-order valence-corrected chi connectivity index (χ1v) is 8.37. The van der Waals surface area contributed by atoms with Gasteiger partial charge < -0.3 is 19.5 Å². The lowest BCUT2D eigenvalue weighted by atomic mass is 9.84. The Morgan fingerprint density at radius 2 is 2.23 bits per heavy atom. The van der Waals surface area contributed by atoms with Gasteiger partial charge in [-0.2, -0.15) is 4.37 Å². The van der Waals surface area contributed by atoms with Crippen LogP contribution in [0.15, 0.2) is 0 Å². The predicted octanol–water partition coefficient (Wildman–Crippen LogP) is 1.39. The zero-order valence-corrected chi connectivity index (χ0v) is 13.4. The minimum Gasteiger partial charge on any atom is -0.481 e. The molecule has 0 saturated carbocycles. The molecule has 2 fully saturated rings. The van der Waals surface area contributed by atoms with E-state index in [1.807, 2.05) is 0 Å². The summed E-state index contributed by atoms with van der Waals surface area (Å²) in [6.07, 6.45) is 2.39. The third kappa shape index (κ3) is 3.23. The Labute approximate surface area is 133 Å². The molecule has 2 saturated heterocycles. The maximum atomic E-state index is 11.3. The van der Waals surface area contributed by atoms with Crippen LogP contribution in [0.5, 0.6) is 0 Å². The number of methoxy groups -OCH3 is 1. The quantitative estimate of drug-likeness (QED) is 0.874. The molecule has 8 heteroatoms. The van der Waals surface area contributed by atoms with Crippen molar-refractivity contribution in [3.63, 3.8) is 0 Å². The van der Waals surface area contributed by atoms with E-state index in [1.165, 1.54) is 11.5 Å². The van der Waals surface area contributed by atoms with Gasteiger partial charge in [0.2, 0.25) is 5.13 Å². The Bertz CT molecular complexity index is 516. The first-order chi connectivity index (χ1) is 10.7. The largest absolute Gasteiger partial charge is 0.481 e. The van der Waals surface area contributed by atoms with Crippen LogP contribution in [-0.2, 0) is 20.9 Å². The van der Waals surface area contributed by atoms with E-state index in [9.17, 15) is 9.90 Å². The van der Waals surface area contributed by atoms with E-state index in [2.05, 4.69) is 14.3 Å². The highest BCUT2D eigenvalue weighted by Crippen LogP contribution is 2.34. The Balaban J connectivity index is 1.56. The van der Waals surface area contributed by atoms with Crippen LogP contribution in [-0.4, -0.2) is 53.3 Å². The molecule has 7 nitrogen and oxygen atoms in total. The fourth-order valence-electron chi connectivity index (χ4n) is 3.32. The van der Waals surface area contributed by atoms with E-state index in [-0.39, 0.29) is 12.0 Å². The fraction of sp³-hybridized carbons (Fsp3) is 0.786. The van der Waals surface area contributed by atoms with Crippen LogP contribution in [0.1, 0.15) is 25.1 Å². The van der Waals surface area contributed by atoms with Crippen molar-refractivity contribution in [1.82, 2.24) is 9.36 Å². The third-order valence-corrected chi connectivity index (χ3v) is 5.27. The van der Waals surface area contributed by atoms with E-state index in [0.29, 0.717) is 25.6 Å². The number of piperidine rings is 1. The molecule has 2 atom stereocenters. The number of carboxylic acids is 1. The van der Waals surface area contributed by atoms with Crippen molar-refractivity contribution < 1.29 is 19.4 Å². The van der Waals surface area contributed by atoms with Gasteiger partial charge in [0.05, 0.1) is 12.0 Å². The lowest BCUT2D eigenvalue weighted by Gasteiger charge is -2.35. The van der Waals surface area contributed by atoms with Gasteiger partial charge in [-0.3, -0.25) is 4.79 Å². The van der Waals surface area contributed by atoms with E-state index in [0.717, 1.165) is 36.9 Å². The van der Waals surface area contributed by atoms with Gasteiger partial charge >= 0.3 is 5.97 Å².